The third kappa shape index (κ3) is 0.796. The molecule has 0 amide bonds. The van der Waals surface area contributed by atoms with Crippen LogP contribution in [0, 0.1) is 11.3 Å². The van der Waals surface area contributed by atoms with E-state index >= 15 is 0 Å². The van der Waals surface area contributed by atoms with E-state index in [1.54, 1.807) is 0 Å². The van der Waals surface area contributed by atoms with Crippen molar-refractivity contribution in [3.05, 3.63) is 5.92 Å². The van der Waals surface area contributed by atoms with E-state index in [-0.39, 0.29) is 38.1 Å². The van der Waals surface area contributed by atoms with Crippen molar-refractivity contribution >= 4 is 5.97 Å². The van der Waals surface area contributed by atoms with Crippen LogP contribution in [0.5, 0.6) is 0 Å². The zero-order chi connectivity index (χ0) is 5.78. The van der Waals surface area contributed by atoms with Crippen LogP contribution in [0.3, 0.4) is 0 Å². The third-order valence-corrected chi connectivity index (χ3v) is 2.22. The van der Waals surface area contributed by atoms with Crippen molar-refractivity contribution in [2.24, 2.45) is 5.41 Å². The Kier molecular flexibility index (Phi) is 1.73. The molecule has 47 valence electrons. The van der Waals surface area contributed by atoms with Crippen molar-refractivity contribution in [3.8, 4) is 0 Å². The van der Waals surface area contributed by atoms with Crippen LogP contribution in [0.2, 0.25) is 0 Å². The molecule has 3 rings (SSSR count). The summed E-state index contributed by atoms with van der Waals surface area (Å²) in [6.07, 6.45) is 2.63. The van der Waals surface area contributed by atoms with Crippen molar-refractivity contribution in [1.82, 2.24) is 0 Å². The predicted octanol–water partition coefficient (Wildman–Crippen LogP) is 0.827. The molecule has 1 radical (unpaired) electrons. The maximum Gasteiger partial charge on any atom is 0.301 e. The summed E-state index contributed by atoms with van der Waals surface area (Å²) in [6.45, 7) is 0. The molecule has 0 atom stereocenters. The van der Waals surface area contributed by atoms with E-state index in [0.29, 0.717) is 0 Å². The molecule has 2 nitrogen and oxygen atoms in total. The number of rotatable bonds is 1. The summed E-state index contributed by atoms with van der Waals surface area (Å²) < 4.78 is 0. The summed E-state index contributed by atoms with van der Waals surface area (Å²) in [5.74, 6) is 0.861. The number of aliphatic carboxylic acids is 1. The van der Waals surface area contributed by atoms with Crippen LogP contribution in [0.15, 0.2) is 0 Å². The average molecular weight is 200 g/mol. The largest absolute Gasteiger partial charge is 0.481 e. The fourth-order valence-corrected chi connectivity index (χ4v) is 1.51. The van der Waals surface area contributed by atoms with Crippen LogP contribution in [0.25, 0.3) is 0 Å². The first-order valence-corrected chi connectivity index (χ1v) is 2.80. The van der Waals surface area contributed by atoms with Gasteiger partial charge in [-0.2, -0.15) is 19.3 Å². The normalized spacial score (nSPS) is 27.1. The van der Waals surface area contributed by atoms with Gasteiger partial charge in [-0.25, -0.2) is 0 Å². The zero-order valence-electron chi connectivity index (χ0n) is 5.05. The Balaban J connectivity index is 0.000000405. The van der Waals surface area contributed by atoms with Crippen molar-refractivity contribution in [2.75, 3.05) is 0 Å². The Morgan fingerprint density at radius 2 is 1.89 bits per heavy atom. The maximum atomic E-state index is 10.3. The van der Waals surface area contributed by atoms with E-state index < -0.39 is 5.97 Å². The van der Waals surface area contributed by atoms with Crippen LogP contribution in [0.4, 0.5) is 0 Å². The maximum absolute atomic E-state index is 10.3. The van der Waals surface area contributed by atoms with E-state index in [0.717, 1.165) is 19.3 Å². The van der Waals surface area contributed by atoms with Crippen LogP contribution in [-0.2, 0) is 37.5 Å². The van der Waals surface area contributed by atoms with Gasteiger partial charge in [0, 0.05) is 32.7 Å². The second kappa shape index (κ2) is 2.03. The quantitative estimate of drug-likeness (QED) is 0.636. The monoisotopic (exact) mass is 200 g/mol. The van der Waals surface area contributed by atoms with Crippen LogP contribution >= 0.6 is 0 Å². The molecule has 0 aromatic rings. The fraction of sp³-hybridized carbons (Fsp3) is 0.667. The molecule has 1 N–H and O–H groups in total. The number of carboxylic acids is 1. The number of hydrogen-bond donors (Lipinski definition) is 1. The summed E-state index contributed by atoms with van der Waals surface area (Å²) in [5, 5.41) is 8.52. The molecule has 0 aromatic carbocycles. The Hall–Kier alpha value is 0.574. The summed E-state index contributed by atoms with van der Waals surface area (Å²) >= 11 is 0. The van der Waals surface area contributed by atoms with Gasteiger partial charge in [0.2, 0.25) is 0 Å². The van der Waals surface area contributed by atoms with E-state index in [4.69, 9.17) is 5.11 Å². The molecular weight excluding hydrogens is 193 g/mol. The van der Waals surface area contributed by atoms with Crippen LogP contribution in [-0.4, -0.2) is 11.1 Å². The Morgan fingerprint density at radius 3 is 1.89 bits per heavy atom. The topological polar surface area (TPSA) is 37.3 Å². The van der Waals surface area contributed by atoms with Gasteiger partial charge >= 0.3 is 5.97 Å². The van der Waals surface area contributed by atoms with Gasteiger partial charge in [0.15, 0.2) is 0 Å². The van der Waals surface area contributed by atoms with E-state index in [2.05, 4.69) is 0 Å². The number of hydrogen-bond acceptors (Lipinski definition) is 1. The van der Waals surface area contributed by atoms with Gasteiger partial charge in [-0.05, 0) is 5.41 Å². The molecule has 0 aromatic heterocycles. The van der Waals surface area contributed by atoms with Crippen molar-refractivity contribution in [2.45, 2.75) is 19.3 Å². The first-order valence-electron chi connectivity index (χ1n) is 2.80. The minimum atomic E-state index is -0.590. The van der Waals surface area contributed by atoms with E-state index in [1.165, 1.54) is 5.92 Å². The molecule has 3 aliphatic carbocycles. The van der Waals surface area contributed by atoms with Crippen molar-refractivity contribution in [3.63, 3.8) is 0 Å². The SMILES string of the molecule is O=C(O)C12C[C-](C1)C2.[Y]. The predicted molar refractivity (Wildman–Crippen MR) is 27.2 cm³/mol. The summed E-state index contributed by atoms with van der Waals surface area (Å²) in [5.41, 5.74) is -0.255. The van der Waals surface area contributed by atoms with Gasteiger partial charge in [-0.3, -0.25) is 4.79 Å². The molecule has 0 unspecified atom stereocenters. The smallest absolute Gasteiger partial charge is 0.301 e. The Morgan fingerprint density at radius 1 is 1.44 bits per heavy atom. The minimum Gasteiger partial charge on any atom is -0.481 e. The van der Waals surface area contributed by atoms with Crippen LogP contribution in [0.1, 0.15) is 19.3 Å². The standard InChI is InChI=1S/C6H7O2.Y/c7-5(8)6-1-4(2-6)3-6;/h1-3H2,(H,7,8);/q-1;. The second-order valence-electron chi connectivity index (χ2n) is 2.87. The van der Waals surface area contributed by atoms with Crippen molar-refractivity contribution < 1.29 is 42.6 Å². The Bertz CT molecular complexity index is 138. The number of carboxylic acid groups (broad SMARTS) is 1. The number of carbonyl (C=O) groups is 1. The molecule has 0 spiro atoms. The molecule has 3 aliphatic rings. The first kappa shape index (κ1) is 7.68. The first-order chi connectivity index (χ1) is 3.73. The average Bonchev–Trinajstić information content (AvgIpc) is 1.16. The van der Waals surface area contributed by atoms with Gasteiger partial charge in [0.1, 0.15) is 0 Å². The molecule has 9 heavy (non-hydrogen) atoms. The van der Waals surface area contributed by atoms with Crippen molar-refractivity contribution in [1.29, 1.82) is 0 Å². The molecule has 3 saturated carbocycles. The van der Waals surface area contributed by atoms with E-state index in [1.807, 2.05) is 0 Å². The fourth-order valence-electron chi connectivity index (χ4n) is 1.51. The molecular formula is C6H7O2Y-. The molecule has 0 saturated heterocycles. The van der Waals surface area contributed by atoms with Gasteiger partial charge < -0.3 is 11.0 Å². The third-order valence-electron chi connectivity index (χ3n) is 2.22. The summed E-state index contributed by atoms with van der Waals surface area (Å²) in [4.78, 5) is 10.3. The van der Waals surface area contributed by atoms with Gasteiger partial charge in [-0.1, -0.05) is 0 Å². The molecule has 0 aliphatic heterocycles. The van der Waals surface area contributed by atoms with Gasteiger partial charge in [0.25, 0.3) is 0 Å². The Labute approximate surface area is 78.9 Å². The second-order valence-corrected chi connectivity index (χ2v) is 2.87. The molecule has 2 bridgehead atoms. The molecule has 0 heterocycles. The molecule has 3 heteroatoms. The van der Waals surface area contributed by atoms with Gasteiger partial charge in [0.05, 0.1) is 0 Å². The van der Waals surface area contributed by atoms with E-state index in [9.17, 15) is 4.79 Å². The van der Waals surface area contributed by atoms with Gasteiger partial charge in [-0.15, -0.1) is 0 Å². The zero-order valence-corrected chi connectivity index (χ0v) is 7.89. The molecule has 3 fully saturated rings. The van der Waals surface area contributed by atoms with Crippen LogP contribution < -0.4 is 0 Å². The summed E-state index contributed by atoms with van der Waals surface area (Å²) in [7, 11) is 0. The minimum absolute atomic E-state index is 0. The summed E-state index contributed by atoms with van der Waals surface area (Å²) in [6, 6.07) is 0.